The molecule has 0 spiro atoms. The number of carboxylic acid groups (broad SMARTS) is 1. The van der Waals surface area contributed by atoms with E-state index in [0.29, 0.717) is 30.8 Å². The molecule has 0 bridgehead atoms. The second kappa shape index (κ2) is 6.59. The fourth-order valence-electron chi connectivity index (χ4n) is 3.48. The van der Waals surface area contributed by atoms with Gasteiger partial charge in [-0.2, -0.15) is 0 Å². The number of ketones is 1. The second-order valence-electron chi connectivity index (χ2n) is 6.14. The van der Waals surface area contributed by atoms with Gasteiger partial charge in [-0.15, -0.1) is 0 Å². The van der Waals surface area contributed by atoms with E-state index in [0.717, 1.165) is 18.4 Å². The number of fused-ring (bicyclic) bond motifs is 1. The molecule has 0 saturated carbocycles. The third-order valence-corrected chi connectivity index (χ3v) is 4.70. The number of carboxylic acids is 1. The first kappa shape index (κ1) is 16.4. The smallest absolute Gasteiger partial charge is 0.312 e. The lowest BCUT2D eigenvalue weighted by Gasteiger charge is -2.14. The summed E-state index contributed by atoms with van der Waals surface area (Å²) in [6.07, 6.45) is 2.78. The van der Waals surface area contributed by atoms with Gasteiger partial charge in [0.1, 0.15) is 5.82 Å². The van der Waals surface area contributed by atoms with Crippen molar-refractivity contribution in [2.45, 2.75) is 45.1 Å². The molecule has 0 amide bonds. The number of rotatable bonds is 4. The Morgan fingerprint density at radius 2 is 2.04 bits per heavy atom. The van der Waals surface area contributed by atoms with Gasteiger partial charge in [-0.25, -0.2) is 4.39 Å². The number of aliphatic carboxylic acids is 1. The number of carbonyl (C=O) groups is 2. The van der Waals surface area contributed by atoms with Crippen LogP contribution in [0.5, 0.6) is 0 Å². The number of hydrogen-bond donors (Lipinski definition) is 1. The number of hydrogen-bond acceptors (Lipinski definition) is 2. The minimum atomic E-state index is -0.872. The monoisotopic (exact) mass is 329 g/mol. The number of aromatic nitrogens is 1. The molecule has 126 valence electrons. The quantitative estimate of drug-likeness (QED) is 0.869. The van der Waals surface area contributed by atoms with E-state index in [-0.39, 0.29) is 11.3 Å². The summed E-state index contributed by atoms with van der Waals surface area (Å²) in [7, 11) is 0. The Morgan fingerprint density at radius 1 is 1.29 bits per heavy atom. The molecule has 24 heavy (non-hydrogen) atoms. The van der Waals surface area contributed by atoms with E-state index in [1.807, 2.05) is 13.0 Å². The van der Waals surface area contributed by atoms with Crippen molar-refractivity contribution in [2.24, 2.45) is 0 Å². The highest BCUT2D eigenvalue weighted by molar-refractivity contribution is 6.09. The maximum absolute atomic E-state index is 14.1. The number of halogens is 1. The summed E-state index contributed by atoms with van der Waals surface area (Å²) in [6.45, 7) is 2.51. The van der Waals surface area contributed by atoms with Crippen LogP contribution in [0, 0.1) is 5.82 Å². The molecule has 2 heterocycles. The van der Waals surface area contributed by atoms with Crippen molar-refractivity contribution in [1.29, 1.82) is 0 Å². The van der Waals surface area contributed by atoms with Crippen LogP contribution in [0.25, 0.3) is 0 Å². The average molecular weight is 329 g/mol. The lowest BCUT2D eigenvalue weighted by Crippen LogP contribution is -2.17. The van der Waals surface area contributed by atoms with Crippen LogP contribution in [0.2, 0.25) is 0 Å². The predicted molar refractivity (Wildman–Crippen MR) is 87.9 cm³/mol. The van der Waals surface area contributed by atoms with E-state index in [1.54, 1.807) is 16.7 Å². The number of carbonyl (C=O) groups excluding carboxylic acids is 1. The highest BCUT2D eigenvalue weighted by Gasteiger charge is 2.31. The van der Waals surface area contributed by atoms with Crippen molar-refractivity contribution in [1.82, 2.24) is 4.57 Å². The van der Waals surface area contributed by atoms with E-state index in [1.165, 1.54) is 12.1 Å². The van der Waals surface area contributed by atoms with E-state index in [9.17, 15) is 19.1 Å². The molecule has 1 N–H and O–H groups in total. The molecule has 4 nitrogen and oxygen atoms in total. The van der Waals surface area contributed by atoms with Gasteiger partial charge in [0, 0.05) is 12.2 Å². The summed E-state index contributed by atoms with van der Waals surface area (Å²) in [5.74, 6) is -2.41. The molecule has 0 radical (unpaired) electrons. The summed E-state index contributed by atoms with van der Waals surface area (Å²) in [5.41, 5.74) is 1.91. The molecule has 0 aliphatic carbocycles. The van der Waals surface area contributed by atoms with Crippen LogP contribution in [0.1, 0.15) is 59.4 Å². The maximum Gasteiger partial charge on any atom is 0.312 e. The minimum Gasteiger partial charge on any atom is -0.481 e. The lowest BCUT2D eigenvalue weighted by atomic mass is 9.99. The van der Waals surface area contributed by atoms with Crippen molar-refractivity contribution in [3.8, 4) is 0 Å². The van der Waals surface area contributed by atoms with Gasteiger partial charge < -0.3 is 9.67 Å². The number of aryl methyl sites for hydroxylation is 1. The standard InChI is InChI=1S/C19H20FNO3/c1-2-12-11-16-14(19(23)24)8-5-6-10-21(16)17(12)18(22)13-7-3-4-9-15(13)20/h3-4,7,9,11,14H,2,5-6,8,10H2,1H3,(H,23,24). The zero-order valence-electron chi connectivity index (χ0n) is 13.6. The first-order valence-electron chi connectivity index (χ1n) is 8.29. The van der Waals surface area contributed by atoms with Crippen LogP contribution in [0.15, 0.2) is 30.3 Å². The van der Waals surface area contributed by atoms with Crippen molar-refractivity contribution in [3.05, 3.63) is 58.7 Å². The number of nitrogens with zero attached hydrogens (tertiary/aromatic N) is 1. The minimum absolute atomic E-state index is 0.0317. The largest absolute Gasteiger partial charge is 0.481 e. The summed E-state index contributed by atoms with van der Waals surface area (Å²) in [6, 6.07) is 7.74. The topological polar surface area (TPSA) is 59.3 Å². The molecule has 2 aromatic rings. The van der Waals surface area contributed by atoms with Crippen molar-refractivity contribution >= 4 is 11.8 Å². The first-order valence-corrected chi connectivity index (χ1v) is 8.29. The fourth-order valence-corrected chi connectivity index (χ4v) is 3.48. The summed E-state index contributed by atoms with van der Waals surface area (Å²) < 4.78 is 15.9. The molecule has 1 aromatic heterocycles. The molecule has 5 heteroatoms. The zero-order chi connectivity index (χ0) is 17.3. The number of benzene rings is 1. The fraction of sp³-hybridized carbons (Fsp3) is 0.368. The van der Waals surface area contributed by atoms with Crippen LogP contribution >= 0.6 is 0 Å². The average Bonchev–Trinajstić information content (AvgIpc) is 2.79. The zero-order valence-corrected chi connectivity index (χ0v) is 13.6. The first-order chi connectivity index (χ1) is 11.5. The Hall–Kier alpha value is -2.43. The van der Waals surface area contributed by atoms with Gasteiger partial charge in [0.15, 0.2) is 0 Å². The highest BCUT2D eigenvalue weighted by Crippen LogP contribution is 2.32. The highest BCUT2D eigenvalue weighted by atomic mass is 19.1. The Morgan fingerprint density at radius 3 is 2.71 bits per heavy atom. The van der Waals surface area contributed by atoms with Gasteiger partial charge in [0.05, 0.1) is 17.2 Å². The predicted octanol–water partition coefficient (Wildman–Crippen LogP) is 3.77. The van der Waals surface area contributed by atoms with Gasteiger partial charge >= 0.3 is 5.97 Å². The maximum atomic E-state index is 14.1. The molecule has 1 aliphatic rings. The summed E-state index contributed by atoms with van der Waals surface area (Å²) in [5, 5.41) is 9.52. The van der Waals surface area contributed by atoms with Crippen molar-refractivity contribution in [3.63, 3.8) is 0 Å². The van der Waals surface area contributed by atoms with Gasteiger partial charge in [0.2, 0.25) is 5.78 Å². The van der Waals surface area contributed by atoms with Gasteiger partial charge in [0.25, 0.3) is 0 Å². The second-order valence-corrected chi connectivity index (χ2v) is 6.14. The molecule has 1 unspecified atom stereocenters. The van der Waals surface area contributed by atoms with E-state index in [2.05, 4.69) is 0 Å². The van der Waals surface area contributed by atoms with Crippen LogP contribution in [-0.4, -0.2) is 21.4 Å². The van der Waals surface area contributed by atoms with Crippen LogP contribution in [0.3, 0.4) is 0 Å². The van der Waals surface area contributed by atoms with Crippen LogP contribution in [0.4, 0.5) is 4.39 Å². The van der Waals surface area contributed by atoms with Crippen LogP contribution in [-0.2, 0) is 17.8 Å². The molecule has 3 rings (SSSR count). The van der Waals surface area contributed by atoms with E-state index >= 15 is 0 Å². The Kier molecular flexibility index (Phi) is 4.51. The molecule has 0 saturated heterocycles. The van der Waals surface area contributed by atoms with E-state index < -0.39 is 17.7 Å². The normalized spacial score (nSPS) is 17.2. The molecular formula is C19H20FNO3. The third-order valence-electron chi connectivity index (χ3n) is 4.70. The third kappa shape index (κ3) is 2.75. The van der Waals surface area contributed by atoms with Gasteiger partial charge in [-0.1, -0.05) is 25.5 Å². The van der Waals surface area contributed by atoms with Crippen molar-refractivity contribution < 1.29 is 19.1 Å². The Bertz CT molecular complexity index is 794. The van der Waals surface area contributed by atoms with Gasteiger partial charge in [-0.05, 0) is 43.0 Å². The molecule has 1 atom stereocenters. The van der Waals surface area contributed by atoms with Gasteiger partial charge in [-0.3, -0.25) is 9.59 Å². The molecule has 0 fully saturated rings. The van der Waals surface area contributed by atoms with Crippen LogP contribution < -0.4 is 0 Å². The van der Waals surface area contributed by atoms with E-state index in [4.69, 9.17) is 0 Å². The summed E-state index contributed by atoms with van der Waals surface area (Å²) >= 11 is 0. The Balaban J connectivity index is 2.16. The SMILES string of the molecule is CCc1cc2n(c1C(=O)c1ccccc1F)CCCCC2C(=O)O. The molecule has 1 aromatic carbocycles. The lowest BCUT2D eigenvalue weighted by molar-refractivity contribution is -0.139. The molecule has 1 aliphatic heterocycles. The summed E-state index contributed by atoms with van der Waals surface area (Å²) in [4.78, 5) is 24.6. The Labute approximate surface area is 139 Å². The molecular weight excluding hydrogens is 309 g/mol. The van der Waals surface area contributed by atoms with Crippen molar-refractivity contribution in [2.75, 3.05) is 0 Å².